The summed E-state index contributed by atoms with van der Waals surface area (Å²) < 4.78 is 4.63. The SMILES string of the molecule is C=C(C)/C=C/C(C(=O)OC)=C(C)C. The quantitative estimate of drug-likeness (QED) is 0.379. The highest BCUT2D eigenvalue weighted by Gasteiger charge is 2.06. The van der Waals surface area contributed by atoms with Crippen LogP contribution in [0.4, 0.5) is 0 Å². The van der Waals surface area contributed by atoms with Gasteiger partial charge in [0.15, 0.2) is 0 Å². The first-order chi connectivity index (χ1) is 5.99. The largest absolute Gasteiger partial charge is 0.465 e. The Morgan fingerprint density at radius 3 is 2.08 bits per heavy atom. The first-order valence-electron chi connectivity index (χ1n) is 4.08. The molecule has 72 valence electrons. The first-order valence-corrected chi connectivity index (χ1v) is 4.08. The number of methoxy groups -OCH3 is 1. The van der Waals surface area contributed by atoms with Crippen LogP contribution < -0.4 is 0 Å². The predicted molar refractivity (Wildman–Crippen MR) is 54.3 cm³/mol. The zero-order valence-corrected chi connectivity index (χ0v) is 8.68. The minimum Gasteiger partial charge on any atom is -0.465 e. The maximum Gasteiger partial charge on any atom is 0.337 e. The summed E-state index contributed by atoms with van der Waals surface area (Å²) in [6.07, 6.45) is 3.52. The lowest BCUT2D eigenvalue weighted by molar-refractivity contribution is -0.135. The standard InChI is InChI=1S/C11H16O2/c1-8(2)6-7-10(9(3)4)11(12)13-5/h6-7H,1H2,2-5H3/b7-6+. The summed E-state index contributed by atoms with van der Waals surface area (Å²) in [5.74, 6) is -0.308. The van der Waals surface area contributed by atoms with Crippen molar-refractivity contribution in [1.82, 2.24) is 0 Å². The Morgan fingerprint density at radius 1 is 1.23 bits per heavy atom. The Labute approximate surface area is 79.6 Å². The highest BCUT2D eigenvalue weighted by atomic mass is 16.5. The van der Waals surface area contributed by atoms with E-state index in [0.29, 0.717) is 5.57 Å². The molecule has 0 saturated heterocycles. The van der Waals surface area contributed by atoms with Crippen molar-refractivity contribution in [3.05, 3.63) is 35.5 Å². The van der Waals surface area contributed by atoms with E-state index in [9.17, 15) is 4.79 Å². The van der Waals surface area contributed by atoms with Crippen LogP contribution in [0, 0.1) is 0 Å². The van der Waals surface area contributed by atoms with Gasteiger partial charge in [0.1, 0.15) is 0 Å². The smallest absolute Gasteiger partial charge is 0.337 e. The summed E-state index contributed by atoms with van der Waals surface area (Å²) in [5.41, 5.74) is 2.43. The van der Waals surface area contributed by atoms with Crippen LogP contribution in [-0.4, -0.2) is 13.1 Å². The van der Waals surface area contributed by atoms with Crippen molar-refractivity contribution in [2.24, 2.45) is 0 Å². The van der Waals surface area contributed by atoms with E-state index in [1.54, 1.807) is 12.2 Å². The van der Waals surface area contributed by atoms with Crippen molar-refractivity contribution in [3.8, 4) is 0 Å². The molecule has 0 aliphatic carbocycles. The number of hydrogen-bond donors (Lipinski definition) is 0. The topological polar surface area (TPSA) is 26.3 Å². The molecule has 0 bridgehead atoms. The van der Waals surface area contributed by atoms with Crippen LogP contribution in [0.2, 0.25) is 0 Å². The highest BCUT2D eigenvalue weighted by molar-refractivity contribution is 5.92. The van der Waals surface area contributed by atoms with Crippen LogP contribution >= 0.6 is 0 Å². The third-order valence-corrected chi connectivity index (χ3v) is 1.48. The van der Waals surface area contributed by atoms with Crippen molar-refractivity contribution in [2.45, 2.75) is 20.8 Å². The highest BCUT2D eigenvalue weighted by Crippen LogP contribution is 2.08. The lowest BCUT2D eigenvalue weighted by Gasteiger charge is -2.01. The zero-order valence-electron chi connectivity index (χ0n) is 8.68. The average molecular weight is 180 g/mol. The fourth-order valence-electron chi connectivity index (χ4n) is 0.774. The van der Waals surface area contributed by atoms with Crippen molar-refractivity contribution < 1.29 is 9.53 Å². The maximum atomic E-state index is 11.2. The Morgan fingerprint density at radius 2 is 1.77 bits per heavy atom. The molecule has 0 aromatic rings. The van der Waals surface area contributed by atoms with Crippen LogP contribution in [0.25, 0.3) is 0 Å². The second kappa shape index (κ2) is 5.36. The molecule has 2 heteroatoms. The number of allylic oxidation sites excluding steroid dienone is 3. The van der Waals surface area contributed by atoms with Gasteiger partial charge in [0.25, 0.3) is 0 Å². The fourth-order valence-corrected chi connectivity index (χ4v) is 0.774. The molecule has 0 spiro atoms. The molecule has 0 aliphatic heterocycles. The van der Waals surface area contributed by atoms with E-state index in [4.69, 9.17) is 0 Å². The molecule has 13 heavy (non-hydrogen) atoms. The van der Waals surface area contributed by atoms with Crippen LogP contribution in [0.15, 0.2) is 35.5 Å². The maximum absolute atomic E-state index is 11.2. The molecule has 0 saturated carbocycles. The molecule has 0 rings (SSSR count). The summed E-state index contributed by atoms with van der Waals surface area (Å²) >= 11 is 0. The van der Waals surface area contributed by atoms with Gasteiger partial charge in [-0.3, -0.25) is 0 Å². The predicted octanol–water partition coefficient (Wildman–Crippen LogP) is 2.63. The normalized spacial score (nSPS) is 9.85. The summed E-state index contributed by atoms with van der Waals surface area (Å²) in [4.78, 5) is 11.2. The Kier molecular flexibility index (Phi) is 4.82. The minimum absolute atomic E-state index is 0.308. The third kappa shape index (κ3) is 4.31. The zero-order chi connectivity index (χ0) is 10.4. The van der Waals surface area contributed by atoms with E-state index in [0.717, 1.165) is 11.1 Å². The molecular formula is C11H16O2. The Hall–Kier alpha value is -1.31. The van der Waals surface area contributed by atoms with Gasteiger partial charge in [0, 0.05) is 0 Å². The van der Waals surface area contributed by atoms with E-state index < -0.39 is 0 Å². The van der Waals surface area contributed by atoms with E-state index in [1.165, 1.54) is 7.11 Å². The fraction of sp³-hybridized carbons (Fsp3) is 0.364. The summed E-state index contributed by atoms with van der Waals surface area (Å²) in [7, 11) is 1.37. The molecule has 0 N–H and O–H groups in total. The lowest BCUT2D eigenvalue weighted by atomic mass is 10.1. The summed E-state index contributed by atoms with van der Waals surface area (Å²) in [5, 5.41) is 0. The lowest BCUT2D eigenvalue weighted by Crippen LogP contribution is -2.04. The molecule has 0 aromatic heterocycles. The number of carbonyl (C=O) groups excluding carboxylic acids is 1. The molecule has 0 fully saturated rings. The van der Waals surface area contributed by atoms with Gasteiger partial charge in [-0.2, -0.15) is 0 Å². The summed E-state index contributed by atoms with van der Waals surface area (Å²) in [6, 6.07) is 0. The van der Waals surface area contributed by atoms with Crippen LogP contribution in [-0.2, 0) is 9.53 Å². The van der Waals surface area contributed by atoms with Gasteiger partial charge in [0.2, 0.25) is 0 Å². The summed E-state index contributed by atoms with van der Waals surface area (Å²) in [6.45, 7) is 9.32. The van der Waals surface area contributed by atoms with Crippen LogP contribution in [0.1, 0.15) is 20.8 Å². The van der Waals surface area contributed by atoms with Gasteiger partial charge >= 0.3 is 5.97 Å². The number of rotatable bonds is 3. The molecule has 0 atom stereocenters. The molecule has 2 nitrogen and oxygen atoms in total. The second-order valence-electron chi connectivity index (χ2n) is 3.08. The first kappa shape index (κ1) is 11.7. The number of ether oxygens (including phenoxy) is 1. The van der Waals surface area contributed by atoms with E-state index in [-0.39, 0.29) is 5.97 Å². The monoisotopic (exact) mass is 180 g/mol. The number of carbonyl (C=O) groups is 1. The molecule has 0 aliphatic rings. The van der Waals surface area contributed by atoms with Gasteiger partial charge < -0.3 is 4.74 Å². The van der Waals surface area contributed by atoms with Gasteiger partial charge in [-0.05, 0) is 26.8 Å². The van der Waals surface area contributed by atoms with Crippen molar-refractivity contribution in [1.29, 1.82) is 0 Å². The van der Waals surface area contributed by atoms with Crippen molar-refractivity contribution in [2.75, 3.05) is 7.11 Å². The Balaban J connectivity index is 4.77. The van der Waals surface area contributed by atoms with Gasteiger partial charge in [0.05, 0.1) is 12.7 Å². The van der Waals surface area contributed by atoms with Gasteiger partial charge in [-0.25, -0.2) is 4.79 Å². The molecule has 0 unspecified atom stereocenters. The molecule has 0 aromatic carbocycles. The van der Waals surface area contributed by atoms with Crippen molar-refractivity contribution >= 4 is 5.97 Å². The molecule has 0 radical (unpaired) electrons. The molecule has 0 amide bonds. The van der Waals surface area contributed by atoms with E-state index in [2.05, 4.69) is 11.3 Å². The van der Waals surface area contributed by atoms with Crippen LogP contribution in [0.5, 0.6) is 0 Å². The Bertz CT molecular complexity index is 266. The molecular weight excluding hydrogens is 164 g/mol. The number of hydrogen-bond acceptors (Lipinski definition) is 2. The third-order valence-electron chi connectivity index (χ3n) is 1.48. The minimum atomic E-state index is -0.308. The molecule has 0 heterocycles. The van der Waals surface area contributed by atoms with Gasteiger partial charge in [-0.1, -0.05) is 23.8 Å². The van der Waals surface area contributed by atoms with Crippen LogP contribution in [0.3, 0.4) is 0 Å². The van der Waals surface area contributed by atoms with E-state index in [1.807, 2.05) is 20.8 Å². The second-order valence-corrected chi connectivity index (χ2v) is 3.08. The van der Waals surface area contributed by atoms with E-state index >= 15 is 0 Å². The number of esters is 1. The van der Waals surface area contributed by atoms with Crippen molar-refractivity contribution in [3.63, 3.8) is 0 Å². The average Bonchev–Trinajstić information content (AvgIpc) is 2.03. The van der Waals surface area contributed by atoms with Gasteiger partial charge in [-0.15, -0.1) is 0 Å².